The Morgan fingerprint density at radius 3 is 2.65 bits per heavy atom. The predicted molar refractivity (Wildman–Crippen MR) is 66.3 cm³/mol. The Morgan fingerprint density at radius 1 is 1.24 bits per heavy atom. The second-order valence-electron chi connectivity index (χ2n) is 3.59. The van der Waals surface area contributed by atoms with Gasteiger partial charge in [0.2, 0.25) is 0 Å². The fourth-order valence-electron chi connectivity index (χ4n) is 1.34. The average molecular weight is 299 g/mol. The van der Waals surface area contributed by atoms with Crippen molar-refractivity contribution in [2.24, 2.45) is 0 Å². The van der Waals surface area contributed by atoms with Crippen molar-refractivity contribution in [3.05, 3.63) is 52.1 Å². The number of hydrogen-bond donors (Lipinski definition) is 1. The summed E-state index contributed by atoms with van der Waals surface area (Å²) in [6.07, 6.45) is 1.66. The van der Waals surface area contributed by atoms with Crippen molar-refractivity contribution >= 4 is 27.4 Å². The lowest BCUT2D eigenvalue weighted by atomic mass is 10.3. The second-order valence-corrected chi connectivity index (χ2v) is 4.45. The van der Waals surface area contributed by atoms with Crippen LogP contribution in [0.15, 0.2) is 34.9 Å². The summed E-state index contributed by atoms with van der Waals surface area (Å²) in [7, 11) is 0. The molecule has 0 saturated carbocycles. The Balaban J connectivity index is 2.31. The molecule has 5 heteroatoms. The van der Waals surface area contributed by atoms with Gasteiger partial charge in [-0.25, -0.2) is 13.8 Å². The van der Waals surface area contributed by atoms with E-state index >= 15 is 0 Å². The van der Waals surface area contributed by atoms with E-state index in [2.05, 4.69) is 26.2 Å². The molecular weight excluding hydrogens is 290 g/mol. The van der Waals surface area contributed by atoms with Crippen molar-refractivity contribution < 1.29 is 8.78 Å². The normalized spacial score (nSPS) is 10.4. The monoisotopic (exact) mass is 298 g/mol. The Morgan fingerprint density at radius 2 is 2.00 bits per heavy atom. The summed E-state index contributed by atoms with van der Waals surface area (Å²) in [5.41, 5.74) is 1.17. The zero-order valence-corrected chi connectivity index (χ0v) is 10.6. The van der Waals surface area contributed by atoms with Crippen molar-refractivity contribution in [2.45, 2.75) is 6.92 Å². The van der Waals surface area contributed by atoms with Crippen LogP contribution in [-0.4, -0.2) is 4.98 Å². The number of hydrogen-bond acceptors (Lipinski definition) is 2. The topological polar surface area (TPSA) is 24.9 Å². The molecule has 0 aliphatic heterocycles. The van der Waals surface area contributed by atoms with Crippen LogP contribution < -0.4 is 5.32 Å². The van der Waals surface area contributed by atoms with Gasteiger partial charge in [0, 0.05) is 12.3 Å². The van der Waals surface area contributed by atoms with E-state index in [-0.39, 0.29) is 5.69 Å². The van der Waals surface area contributed by atoms with Crippen LogP contribution in [-0.2, 0) is 0 Å². The van der Waals surface area contributed by atoms with Crippen LogP contribution in [0.4, 0.5) is 20.3 Å². The quantitative estimate of drug-likeness (QED) is 0.900. The number of halogens is 3. The van der Waals surface area contributed by atoms with Gasteiger partial charge in [0.05, 0.1) is 10.2 Å². The van der Waals surface area contributed by atoms with Crippen LogP contribution in [0.3, 0.4) is 0 Å². The minimum Gasteiger partial charge on any atom is -0.337 e. The van der Waals surface area contributed by atoms with E-state index in [9.17, 15) is 8.78 Å². The molecule has 2 nitrogen and oxygen atoms in total. The maximum absolute atomic E-state index is 13.4. The van der Waals surface area contributed by atoms with E-state index in [1.165, 1.54) is 12.1 Å². The molecule has 1 aromatic carbocycles. The third-order valence-electron chi connectivity index (χ3n) is 2.16. The summed E-state index contributed by atoms with van der Waals surface area (Å²) in [6.45, 7) is 1.90. The van der Waals surface area contributed by atoms with Crippen LogP contribution in [0.5, 0.6) is 0 Å². The summed E-state index contributed by atoms with van der Waals surface area (Å²) < 4.78 is 26.9. The van der Waals surface area contributed by atoms with Gasteiger partial charge in [-0.1, -0.05) is 0 Å². The molecule has 0 radical (unpaired) electrons. The summed E-state index contributed by atoms with van der Waals surface area (Å²) in [6, 6.07) is 5.20. The molecule has 0 aliphatic rings. The lowest BCUT2D eigenvalue weighted by molar-refractivity contribution is 0.586. The highest BCUT2D eigenvalue weighted by atomic mass is 79.9. The van der Waals surface area contributed by atoms with Crippen molar-refractivity contribution in [3.8, 4) is 0 Å². The number of pyridine rings is 1. The highest BCUT2D eigenvalue weighted by Crippen LogP contribution is 2.25. The van der Waals surface area contributed by atoms with E-state index in [0.717, 1.165) is 16.1 Å². The molecule has 0 aliphatic carbocycles. The van der Waals surface area contributed by atoms with Gasteiger partial charge in [-0.2, -0.15) is 0 Å². The summed E-state index contributed by atoms with van der Waals surface area (Å²) >= 11 is 3.32. The molecule has 0 unspecified atom stereocenters. The molecule has 1 heterocycles. The summed E-state index contributed by atoms with van der Waals surface area (Å²) in [5, 5.41) is 2.80. The Hall–Kier alpha value is -1.49. The zero-order chi connectivity index (χ0) is 12.4. The van der Waals surface area contributed by atoms with E-state index < -0.39 is 11.6 Å². The third kappa shape index (κ3) is 2.79. The van der Waals surface area contributed by atoms with Crippen LogP contribution in [0.1, 0.15) is 5.56 Å². The van der Waals surface area contributed by atoms with Gasteiger partial charge in [0.25, 0.3) is 0 Å². The van der Waals surface area contributed by atoms with Gasteiger partial charge in [-0.05, 0) is 46.6 Å². The minimum atomic E-state index is -0.653. The van der Waals surface area contributed by atoms with Crippen LogP contribution in [0.2, 0.25) is 0 Å². The molecular formula is C12H9BrF2N2. The number of aromatic nitrogens is 1. The fourth-order valence-corrected chi connectivity index (χ4v) is 1.91. The fraction of sp³-hybridized carbons (Fsp3) is 0.0833. The molecule has 1 N–H and O–H groups in total. The standard InChI is InChI=1S/C12H9BrF2N2/c1-7-4-9(13)12(16-6-7)17-11-3-2-8(14)5-10(11)15/h2-6H,1H3,(H,16,17). The first-order valence-corrected chi connectivity index (χ1v) is 5.70. The number of rotatable bonds is 2. The van der Waals surface area contributed by atoms with E-state index in [1.807, 2.05) is 13.0 Å². The lowest BCUT2D eigenvalue weighted by Crippen LogP contribution is -1.98. The molecule has 0 bridgehead atoms. The predicted octanol–water partition coefficient (Wildman–Crippen LogP) is 4.17. The largest absolute Gasteiger partial charge is 0.337 e. The maximum Gasteiger partial charge on any atom is 0.149 e. The SMILES string of the molecule is Cc1cnc(Nc2ccc(F)cc2F)c(Br)c1. The molecule has 1 aromatic heterocycles. The second kappa shape index (κ2) is 4.79. The number of benzene rings is 1. The minimum absolute atomic E-state index is 0.184. The Labute approximate surface area is 106 Å². The van der Waals surface area contributed by atoms with Gasteiger partial charge in [-0.3, -0.25) is 0 Å². The van der Waals surface area contributed by atoms with Crippen LogP contribution in [0.25, 0.3) is 0 Å². The molecule has 17 heavy (non-hydrogen) atoms. The molecule has 0 saturated heterocycles. The molecule has 0 spiro atoms. The number of nitrogens with one attached hydrogen (secondary N) is 1. The molecule has 0 amide bonds. The van der Waals surface area contributed by atoms with Gasteiger partial charge >= 0.3 is 0 Å². The van der Waals surface area contributed by atoms with Crippen molar-refractivity contribution in [2.75, 3.05) is 5.32 Å². The van der Waals surface area contributed by atoms with Gasteiger partial charge in [0.15, 0.2) is 0 Å². The van der Waals surface area contributed by atoms with Crippen molar-refractivity contribution in [1.29, 1.82) is 0 Å². The average Bonchev–Trinajstić information content (AvgIpc) is 2.25. The molecule has 0 atom stereocenters. The summed E-state index contributed by atoms with van der Waals surface area (Å²) in [4.78, 5) is 4.12. The molecule has 88 valence electrons. The van der Waals surface area contributed by atoms with E-state index in [4.69, 9.17) is 0 Å². The van der Waals surface area contributed by atoms with Gasteiger partial charge < -0.3 is 5.32 Å². The zero-order valence-electron chi connectivity index (χ0n) is 8.97. The first-order chi connectivity index (χ1) is 8.06. The Kier molecular flexibility index (Phi) is 3.38. The van der Waals surface area contributed by atoms with E-state index in [0.29, 0.717) is 5.82 Å². The van der Waals surface area contributed by atoms with Crippen LogP contribution >= 0.6 is 15.9 Å². The molecule has 0 fully saturated rings. The first-order valence-electron chi connectivity index (χ1n) is 4.90. The van der Waals surface area contributed by atoms with Gasteiger partial charge in [-0.15, -0.1) is 0 Å². The highest BCUT2D eigenvalue weighted by Gasteiger charge is 2.07. The van der Waals surface area contributed by atoms with Crippen molar-refractivity contribution in [3.63, 3.8) is 0 Å². The molecule has 2 aromatic rings. The van der Waals surface area contributed by atoms with Crippen molar-refractivity contribution in [1.82, 2.24) is 4.98 Å². The smallest absolute Gasteiger partial charge is 0.149 e. The van der Waals surface area contributed by atoms with Crippen LogP contribution in [0, 0.1) is 18.6 Å². The van der Waals surface area contributed by atoms with Gasteiger partial charge in [0.1, 0.15) is 17.5 Å². The molecule has 2 rings (SSSR count). The number of aryl methyl sites for hydroxylation is 1. The third-order valence-corrected chi connectivity index (χ3v) is 2.77. The van der Waals surface area contributed by atoms with E-state index in [1.54, 1.807) is 6.20 Å². The lowest BCUT2D eigenvalue weighted by Gasteiger charge is -2.08. The number of anilines is 2. The summed E-state index contributed by atoms with van der Waals surface area (Å²) in [5.74, 6) is -0.774. The highest BCUT2D eigenvalue weighted by molar-refractivity contribution is 9.10. The maximum atomic E-state index is 13.4. The first kappa shape index (κ1) is 12.0. The number of nitrogens with zero attached hydrogens (tertiary/aromatic N) is 1. The Bertz CT molecular complexity index is 509.